The molecule has 3 rings (SSSR count). The third-order valence-corrected chi connectivity index (χ3v) is 5.50. The van der Waals surface area contributed by atoms with Gasteiger partial charge in [0.2, 0.25) is 11.8 Å². The van der Waals surface area contributed by atoms with E-state index in [0.29, 0.717) is 50.4 Å². The number of nitrogens with zero attached hydrogens (tertiary/aromatic N) is 2. The van der Waals surface area contributed by atoms with Gasteiger partial charge >= 0.3 is 5.97 Å². The van der Waals surface area contributed by atoms with Crippen LogP contribution in [0.15, 0.2) is 18.2 Å². The summed E-state index contributed by atoms with van der Waals surface area (Å²) in [6.07, 6.45) is 1.94. The molecular weight excluding hydrogens is 364 g/mol. The van der Waals surface area contributed by atoms with Crippen LogP contribution in [-0.2, 0) is 20.8 Å². The number of rotatable bonds is 7. The van der Waals surface area contributed by atoms with Crippen LogP contribution in [0.4, 0.5) is 0 Å². The van der Waals surface area contributed by atoms with Crippen molar-refractivity contribution in [1.82, 2.24) is 9.80 Å². The minimum Gasteiger partial charge on any atom is -0.493 e. The number of ether oxygens (including phenoxy) is 2. The van der Waals surface area contributed by atoms with E-state index in [1.54, 1.807) is 19.1 Å². The molecule has 0 aromatic heterocycles. The molecule has 0 spiro atoms. The predicted molar refractivity (Wildman–Crippen MR) is 100 cm³/mol. The maximum atomic E-state index is 12.7. The number of carboxylic acid groups (broad SMARTS) is 1. The van der Waals surface area contributed by atoms with E-state index >= 15 is 0 Å². The Bertz CT molecular complexity index is 765. The largest absolute Gasteiger partial charge is 0.493 e. The Morgan fingerprint density at radius 2 is 1.96 bits per heavy atom. The average molecular weight is 390 g/mol. The maximum Gasteiger partial charge on any atom is 0.326 e. The van der Waals surface area contributed by atoms with Crippen LogP contribution in [0.1, 0.15) is 24.8 Å². The summed E-state index contributed by atoms with van der Waals surface area (Å²) < 4.78 is 10.5. The zero-order chi connectivity index (χ0) is 20.3. The summed E-state index contributed by atoms with van der Waals surface area (Å²) in [5.74, 6) is -0.433. The van der Waals surface area contributed by atoms with Crippen LogP contribution in [0, 0.1) is 5.92 Å². The van der Waals surface area contributed by atoms with Gasteiger partial charge in [-0.15, -0.1) is 0 Å². The summed E-state index contributed by atoms with van der Waals surface area (Å²) in [5.41, 5.74) is 1.01. The van der Waals surface area contributed by atoms with Crippen molar-refractivity contribution >= 4 is 17.8 Å². The van der Waals surface area contributed by atoms with Gasteiger partial charge in [-0.3, -0.25) is 9.59 Å². The molecule has 0 unspecified atom stereocenters. The molecule has 0 bridgehead atoms. The minimum absolute atomic E-state index is 0.0649. The molecule has 2 aliphatic heterocycles. The van der Waals surface area contributed by atoms with E-state index in [4.69, 9.17) is 9.47 Å². The Kier molecular flexibility index (Phi) is 6.06. The van der Waals surface area contributed by atoms with Gasteiger partial charge in [0.1, 0.15) is 6.04 Å². The molecular formula is C20H26N2O6. The summed E-state index contributed by atoms with van der Waals surface area (Å²) in [6, 6.07) is 4.87. The van der Waals surface area contributed by atoms with Crippen LogP contribution in [0.5, 0.6) is 11.5 Å². The second-order valence-electron chi connectivity index (χ2n) is 7.21. The molecule has 0 radical (unpaired) electrons. The summed E-state index contributed by atoms with van der Waals surface area (Å²) in [5, 5.41) is 9.28. The van der Waals surface area contributed by atoms with Crippen LogP contribution in [0.25, 0.3) is 0 Å². The van der Waals surface area contributed by atoms with Crippen molar-refractivity contribution in [2.75, 3.05) is 33.9 Å². The van der Waals surface area contributed by atoms with E-state index in [-0.39, 0.29) is 18.2 Å². The van der Waals surface area contributed by atoms with Crippen LogP contribution in [0.2, 0.25) is 0 Å². The highest BCUT2D eigenvalue weighted by Gasteiger charge is 2.41. The predicted octanol–water partition coefficient (Wildman–Crippen LogP) is 1.17. The highest BCUT2D eigenvalue weighted by Crippen LogP contribution is 2.29. The zero-order valence-corrected chi connectivity index (χ0v) is 16.2. The van der Waals surface area contributed by atoms with E-state index in [2.05, 4.69) is 0 Å². The van der Waals surface area contributed by atoms with Crippen molar-refractivity contribution in [2.45, 2.75) is 31.7 Å². The molecule has 2 amide bonds. The molecule has 28 heavy (non-hydrogen) atoms. The summed E-state index contributed by atoms with van der Waals surface area (Å²) in [7, 11) is 3.15. The van der Waals surface area contributed by atoms with Gasteiger partial charge in [0.15, 0.2) is 11.5 Å². The molecule has 2 atom stereocenters. The fraction of sp³-hybridized carbons (Fsp3) is 0.550. The number of hydrogen-bond acceptors (Lipinski definition) is 5. The smallest absolute Gasteiger partial charge is 0.326 e. The van der Waals surface area contributed by atoms with Crippen LogP contribution in [0.3, 0.4) is 0 Å². The minimum atomic E-state index is -0.972. The molecule has 0 aliphatic carbocycles. The third-order valence-electron chi connectivity index (χ3n) is 5.50. The quantitative estimate of drug-likeness (QED) is 0.751. The van der Waals surface area contributed by atoms with Crippen LogP contribution in [-0.4, -0.2) is 72.6 Å². The fourth-order valence-corrected chi connectivity index (χ4v) is 3.98. The third kappa shape index (κ3) is 4.05. The van der Waals surface area contributed by atoms with Gasteiger partial charge in [0.25, 0.3) is 0 Å². The Balaban J connectivity index is 1.59. The van der Waals surface area contributed by atoms with Gasteiger partial charge in [-0.2, -0.15) is 0 Å². The van der Waals surface area contributed by atoms with E-state index in [0.717, 1.165) is 5.56 Å². The molecule has 2 saturated heterocycles. The Hall–Kier alpha value is -2.77. The maximum absolute atomic E-state index is 12.7. The lowest BCUT2D eigenvalue weighted by Crippen LogP contribution is -2.44. The zero-order valence-electron chi connectivity index (χ0n) is 16.2. The number of benzene rings is 1. The normalized spacial score (nSPS) is 21.9. The summed E-state index contributed by atoms with van der Waals surface area (Å²) >= 11 is 0. The number of carboxylic acids is 1. The molecule has 1 aromatic rings. The molecule has 1 aromatic carbocycles. The molecule has 2 fully saturated rings. The van der Waals surface area contributed by atoms with Gasteiger partial charge in [-0.25, -0.2) is 4.79 Å². The van der Waals surface area contributed by atoms with E-state index in [1.165, 1.54) is 4.90 Å². The molecule has 1 N–H and O–H groups in total. The topological polar surface area (TPSA) is 96.4 Å². The van der Waals surface area contributed by atoms with Gasteiger partial charge in [0, 0.05) is 26.1 Å². The molecule has 2 aliphatic rings. The molecule has 8 heteroatoms. The Morgan fingerprint density at radius 1 is 1.21 bits per heavy atom. The monoisotopic (exact) mass is 390 g/mol. The van der Waals surface area contributed by atoms with E-state index < -0.39 is 17.9 Å². The number of amides is 2. The van der Waals surface area contributed by atoms with Crippen molar-refractivity contribution in [3.05, 3.63) is 23.8 Å². The molecule has 2 heterocycles. The first kappa shape index (κ1) is 20.0. The second-order valence-corrected chi connectivity index (χ2v) is 7.21. The fourth-order valence-electron chi connectivity index (χ4n) is 3.98. The SMILES string of the molecule is COc1ccc(CCN2C[C@@H](C(=O)N3CCC[C@@H]3C(=O)O)CC2=O)cc1OC. The van der Waals surface area contributed by atoms with Crippen molar-refractivity contribution in [2.24, 2.45) is 5.92 Å². The first-order chi connectivity index (χ1) is 13.4. The average Bonchev–Trinajstić information content (AvgIpc) is 3.32. The highest BCUT2D eigenvalue weighted by atomic mass is 16.5. The van der Waals surface area contributed by atoms with Crippen molar-refractivity contribution in [3.63, 3.8) is 0 Å². The molecule has 0 saturated carbocycles. The van der Waals surface area contributed by atoms with Crippen LogP contribution >= 0.6 is 0 Å². The second kappa shape index (κ2) is 8.50. The number of hydrogen-bond donors (Lipinski definition) is 1. The standard InChI is InChI=1S/C20H26N2O6/c1-27-16-6-5-13(10-17(16)28-2)7-9-21-12-14(11-18(21)23)19(24)22-8-3-4-15(22)20(25)26/h5-6,10,14-15H,3-4,7-9,11-12H2,1-2H3,(H,25,26)/t14-,15+/m0/s1. The first-order valence-corrected chi connectivity index (χ1v) is 9.46. The Morgan fingerprint density at radius 3 is 2.64 bits per heavy atom. The molecule has 152 valence electrons. The summed E-state index contributed by atoms with van der Waals surface area (Å²) in [6.45, 7) is 1.29. The lowest BCUT2D eigenvalue weighted by Gasteiger charge is -2.24. The lowest BCUT2D eigenvalue weighted by molar-refractivity contribution is -0.149. The number of carbonyl (C=O) groups is 3. The van der Waals surface area contributed by atoms with Gasteiger partial charge in [-0.1, -0.05) is 6.07 Å². The number of likely N-dealkylation sites (tertiary alicyclic amines) is 2. The number of carbonyl (C=O) groups excluding carboxylic acids is 2. The van der Waals surface area contributed by atoms with Crippen molar-refractivity contribution in [3.8, 4) is 11.5 Å². The highest BCUT2D eigenvalue weighted by molar-refractivity contribution is 5.91. The van der Waals surface area contributed by atoms with Gasteiger partial charge < -0.3 is 24.4 Å². The van der Waals surface area contributed by atoms with Gasteiger partial charge in [-0.05, 0) is 37.0 Å². The molecule has 8 nitrogen and oxygen atoms in total. The first-order valence-electron chi connectivity index (χ1n) is 9.46. The summed E-state index contributed by atoms with van der Waals surface area (Å²) in [4.78, 5) is 39.5. The van der Waals surface area contributed by atoms with Crippen molar-refractivity contribution in [1.29, 1.82) is 0 Å². The Labute approximate surface area is 164 Å². The van der Waals surface area contributed by atoms with E-state index in [9.17, 15) is 19.5 Å². The lowest BCUT2D eigenvalue weighted by atomic mass is 10.1. The van der Waals surface area contributed by atoms with E-state index in [1.807, 2.05) is 18.2 Å². The number of methoxy groups -OCH3 is 2. The van der Waals surface area contributed by atoms with Gasteiger partial charge in [0.05, 0.1) is 20.1 Å². The van der Waals surface area contributed by atoms with Crippen LogP contribution < -0.4 is 9.47 Å². The van der Waals surface area contributed by atoms with Crippen molar-refractivity contribution < 1.29 is 29.0 Å². The number of aliphatic carboxylic acids is 1.